The fraction of sp³-hybridized carbons (Fsp3) is 0.0769. The second kappa shape index (κ2) is 8.33. The van der Waals surface area contributed by atoms with Crippen LogP contribution in [0.3, 0.4) is 0 Å². The Kier molecular flexibility index (Phi) is 5.47. The molecule has 0 radical (unpaired) electrons. The van der Waals surface area contributed by atoms with Crippen molar-refractivity contribution in [2.75, 3.05) is 0 Å². The average molecular weight is 367 g/mol. The molecule has 1 heteroatoms. The van der Waals surface area contributed by atoms with Crippen molar-refractivity contribution < 1.29 is 0 Å². The standard InChI is InChI=1S/C26H24P/c1-5-13-23(14-6-1)21-27(25-17-9-3-10-18-25,26-19-11-4-12-20-26)22-24-15-7-2-8-16-24/h1-20H,21-22H2/q+1. The van der Waals surface area contributed by atoms with Gasteiger partial charge in [0.2, 0.25) is 0 Å². The molecular weight excluding hydrogens is 343 g/mol. The van der Waals surface area contributed by atoms with Gasteiger partial charge in [-0.3, -0.25) is 0 Å². The Hall–Kier alpha value is -2.69. The molecule has 0 saturated heterocycles. The minimum absolute atomic E-state index is 1.08. The molecule has 0 unspecified atom stereocenters. The fourth-order valence-electron chi connectivity index (χ4n) is 3.79. The first-order valence-electron chi connectivity index (χ1n) is 9.43. The zero-order valence-electron chi connectivity index (χ0n) is 15.4. The fourth-order valence-corrected chi connectivity index (χ4v) is 8.08. The topological polar surface area (TPSA) is 0 Å². The van der Waals surface area contributed by atoms with E-state index in [1.54, 1.807) is 0 Å². The molecule has 0 heterocycles. The Morgan fingerprint density at radius 3 is 1.00 bits per heavy atom. The van der Waals surface area contributed by atoms with Gasteiger partial charge in [0.25, 0.3) is 0 Å². The Bertz CT molecular complexity index is 865. The molecule has 27 heavy (non-hydrogen) atoms. The largest absolute Gasteiger partial charge is 0.0999 e. The van der Waals surface area contributed by atoms with Gasteiger partial charge in [0, 0.05) is 0 Å². The van der Waals surface area contributed by atoms with Gasteiger partial charge in [-0.2, -0.15) is 0 Å². The molecule has 0 atom stereocenters. The van der Waals surface area contributed by atoms with E-state index >= 15 is 0 Å². The van der Waals surface area contributed by atoms with E-state index in [1.165, 1.54) is 21.7 Å². The third-order valence-electron chi connectivity index (χ3n) is 5.09. The highest BCUT2D eigenvalue weighted by Crippen LogP contribution is 2.61. The lowest BCUT2D eigenvalue weighted by Crippen LogP contribution is -2.25. The van der Waals surface area contributed by atoms with Crippen LogP contribution in [-0.2, 0) is 12.3 Å². The molecule has 4 rings (SSSR count). The first kappa shape index (κ1) is 17.7. The molecule has 0 aromatic heterocycles. The van der Waals surface area contributed by atoms with Gasteiger partial charge < -0.3 is 0 Å². The van der Waals surface area contributed by atoms with Gasteiger partial charge >= 0.3 is 0 Å². The molecule has 0 nitrogen and oxygen atoms in total. The van der Waals surface area contributed by atoms with Crippen molar-refractivity contribution in [3.8, 4) is 0 Å². The van der Waals surface area contributed by atoms with Gasteiger partial charge in [0.05, 0.1) is 30.2 Å². The van der Waals surface area contributed by atoms with E-state index < -0.39 is 7.26 Å². The Morgan fingerprint density at radius 2 is 0.667 bits per heavy atom. The first-order chi connectivity index (χ1) is 13.4. The van der Waals surface area contributed by atoms with Crippen molar-refractivity contribution in [3.63, 3.8) is 0 Å². The molecule has 0 aliphatic heterocycles. The third kappa shape index (κ3) is 4.02. The number of hydrogen-bond donors (Lipinski definition) is 0. The Balaban J connectivity index is 1.90. The SMILES string of the molecule is c1ccc(C[P+](Cc2ccccc2)(c2ccccc2)c2ccccc2)cc1. The van der Waals surface area contributed by atoms with Gasteiger partial charge in [-0.1, -0.05) is 97.1 Å². The monoisotopic (exact) mass is 367 g/mol. The van der Waals surface area contributed by atoms with Gasteiger partial charge in [-0.05, 0) is 35.4 Å². The highest BCUT2D eigenvalue weighted by atomic mass is 31.2. The van der Waals surface area contributed by atoms with Gasteiger partial charge in [-0.25, -0.2) is 0 Å². The lowest BCUT2D eigenvalue weighted by atomic mass is 10.2. The summed E-state index contributed by atoms with van der Waals surface area (Å²) < 4.78 is 0. The maximum absolute atomic E-state index is 2.33. The highest BCUT2D eigenvalue weighted by molar-refractivity contribution is 7.88. The third-order valence-corrected chi connectivity index (χ3v) is 9.47. The maximum atomic E-state index is 2.33. The van der Waals surface area contributed by atoms with E-state index in [2.05, 4.69) is 121 Å². The van der Waals surface area contributed by atoms with Crippen LogP contribution in [0, 0.1) is 0 Å². The van der Waals surface area contributed by atoms with E-state index in [4.69, 9.17) is 0 Å². The smallest absolute Gasteiger partial charge is 0.0622 e. The quantitative estimate of drug-likeness (QED) is 0.364. The van der Waals surface area contributed by atoms with Crippen LogP contribution >= 0.6 is 7.26 Å². The normalized spacial score (nSPS) is 11.3. The van der Waals surface area contributed by atoms with Crippen molar-refractivity contribution >= 4 is 17.9 Å². The molecule has 0 fully saturated rings. The van der Waals surface area contributed by atoms with E-state index in [0.29, 0.717) is 0 Å². The van der Waals surface area contributed by atoms with Crippen molar-refractivity contribution in [3.05, 3.63) is 132 Å². The van der Waals surface area contributed by atoms with Crippen molar-refractivity contribution in [2.24, 2.45) is 0 Å². The van der Waals surface area contributed by atoms with Crippen LogP contribution in [-0.4, -0.2) is 0 Å². The minimum Gasteiger partial charge on any atom is -0.0622 e. The molecular formula is C26H24P+. The number of hydrogen-bond acceptors (Lipinski definition) is 0. The summed E-state index contributed by atoms with van der Waals surface area (Å²) in [5, 5.41) is 2.95. The van der Waals surface area contributed by atoms with Crippen molar-refractivity contribution in [2.45, 2.75) is 12.3 Å². The molecule has 0 aliphatic carbocycles. The molecule has 0 amide bonds. The van der Waals surface area contributed by atoms with Crippen LogP contribution in [0.2, 0.25) is 0 Å². The summed E-state index contributed by atoms with van der Waals surface area (Å²) in [6.07, 6.45) is 2.16. The maximum Gasteiger partial charge on any atom is 0.0999 e. The van der Waals surface area contributed by atoms with E-state index in [0.717, 1.165) is 12.3 Å². The number of rotatable bonds is 6. The van der Waals surface area contributed by atoms with E-state index in [9.17, 15) is 0 Å². The predicted octanol–water partition coefficient (Wildman–Crippen LogP) is 6.06. The van der Waals surface area contributed by atoms with Gasteiger partial charge in [0.15, 0.2) is 0 Å². The molecule has 132 valence electrons. The van der Waals surface area contributed by atoms with E-state index in [-0.39, 0.29) is 0 Å². The summed E-state index contributed by atoms with van der Waals surface area (Å²) in [5.41, 5.74) is 2.82. The summed E-state index contributed by atoms with van der Waals surface area (Å²) in [6, 6.07) is 44.2. The summed E-state index contributed by atoms with van der Waals surface area (Å²) in [7, 11) is -1.64. The molecule has 0 aliphatic rings. The van der Waals surface area contributed by atoms with Crippen LogP contribution in [0.5, 0.6) is 0 Å². The second-order valence-electron chi connectivity index (χ2n) is 6.93. The summed E-state index contributed by atoms with van der Waals surface area (Å²) in [6.45, 7) is 0. The Labute approximate surface area is 162 Å². The van der Waals surface area contributed by atoms with Crippen LogP contribution in [0.4, 0.5) is 0 Å². The summed E-state index contributed by atoms with van der Waals surface area (Å²) in [4.78, 5) is 0. The minimum atomic E-state index is -1.64. The molecule has 4 aromatic rings. The molecule has 0 saturated carbocycles. The van der Waals surface area contributed by atoms with Crippen LogP contribution in [0.1, 0.15) is 11.1 Å². The van der Waals surface area contributed by atoms with Gasteiger partial charge in [0.1, 0.15) is 0 Å². The molecule has 0 spiro atoms. The molecule has 0 bridgehead atoms. The van der Waals surface area contributed by atoms with E-state index in [1.807, 2.05) is 0 Å². The number of benzene rings is 4. The zero-order chi connectivity index (χ0) is 18.4. The Morgan fingerprint density at radius 1 is 0.370 bits per heavy atom. The van der Waals surface area contributed by atoms with Crippen molar-refractivity contribution in [1.29, 1.82) is 0 Å². The summed E-state index contributed by atoms with van der Waals surface area (Å²) >= 11 is 0. The predicted molar refractivity (Wildman–Crippen MR) is 119 cm³/mol. The molecule has 0 N–H and O–H groups in total. The van der Waals surface area contributed by atoms with Crippen molar-refractivity contribution in [1.82, 2.24) is 0 Å². The zero-order valence-corrected chi connectivity index (χ0v) is 16.3. The first-order valence-corrected chi connectivity index (χ1v) is 11.6. The summed E-state index contributed by atoms with van der Waals surface area (Å²) in [5.74, 6) is 0. The van der Waals surface area contributed by atoms with Gasteiger partial charge in [-0.15, -0.1) is 0 Å². The van der Waals surface area contributed by atoms with Crippen LogP contribution in [0.25, 0.3) is 0 Å². The highest BCUT2D eigenvalue weighted by Gasteiger charge is 2.42. The van der Waals surface area contributed by atoms with Crippen LogP contribution in [0.15, 0.2) is 121 Å². The lowest BCUT2D eigenvalue weighted by Gasteiger charge is -2.28. The lowest BCUT2D eigenvalue weighted by molar-refractivity contribution is 1.31. The molecule has 4 aromatic carbocycles. The average Bonchev–Trinajstić information content (AvgIpc) is 2.76. The second-order valence-corrected chi connectivity index (χ2v) is 10.5. The van der Waals surface area contributed by atoms with Crippen LogP contribution < -0.4 is 10.6 Å².